The van der Waals surface area contributed by atoms with Gasteiger partial charge >= 0.3 is 5.97 Å². The van der Waals surface area contributed by atoms with Crippen LogP contribution in [0.2, 0.25) is 0 Å². The number of nitrogens with zero attached hydrogens (tertiary/aromatic N) is 2. The molecule has 1 unspecified atom stereocenters. The second-order valence-corrected chi connectivity index (χ2v) is 4.00. The second kappa shape index (κ2) is 4.02. The maximum absolute atomic E-state index is 10.7. The molecule has 0 amide bonds. The van der Waals surface area contributed by atoms with Crippen molar-refractivity contribution >= 4 is 5.97 Å². The maximum atomic E-state index is 10.7. The van der Waals surface area contributed by atoms with Crippen molar-refractivity contribution in [3.8, 4) is 0 Å². The van der Waals surface area contributed by atoms with E-state index in [1.807, 2.05) is 4.57 Å². The van der Waals surface area contributed by atoms with E-state index in [1.54, 1.807) is 12.5 Å². The lowest BCUT2D eigenvalue weighted by Gasteiger charge is -2.09. The summed E-state index contributed by atoms with van der Waals surface area (Å²) in [6, 6.07) is -0.528. The summed E-state index contributed by atoms with van der Waals surface area (Å²) >= 11 is 0. The van der Waals surface area contributed by atoms with Crippen molar-refractivity contribution < 1.29 is 9.90 Å². The molecule has 0 aliphatic heterocycles. The highest BCUT2D eigenvalue weighted by Gasteiger charge is 2.21. The molecule has 0 bridgehead atoms. The molecule has 1 aliphatic rings. The molecule has 3 N–H and O–H groups in total. The fourth-order valence-electron chi connectivity index (χ4n) is 2.04. The van der Waals surface area contributed by atoms with E-state index in [0.717, 1.165) is 12.8 Å². The summed E-state index contributed by atoms with van der Waals surface area (Å²) < 4.78 is 1.99. The summed E-state index contributed by atoms with van der Waals surface area (Å²) in [5.41, 5.74) is 5.91. The van der Waals surface area contributed by atoms with Gasteiger partial charge in [0.25, 0.3) is 0 Å². The van der Waals surface area contributed by atoms with Crippen LogP contribution >= 0.6 is 0 Å². The predicted molar refractivity (Wildman–Crippen MR) is 54.3 cm³/mol. The van der Waals surface area contributed by atoms with Crippen LogP contribution < -0.4 is 5.73 Å². The van der Waals surface area contributed by atoms with Gasteiger partial charge in [0.05, 0.1) is 12.0 Å². The van der Waals surface area contributed by atoms with Crippen molar-refractivity contribution in [2.24, 2.45) is 5.73 Å². The Morgan fingerprint density at radius 1 is 1.60 bits per heavy atom. The minimum Gasteiger partial charge on any atom is -0.480 e. The lowest BCUT2D eigenvalue weighted by Crippen LogP contribution is -2.20. The highest BCUT2D eigenvalue weighted by molar-refractivity contribution is 5.74. The molecule has 5 heteroatoms. The molecule has 1 heterocycles. The van der Waals surface area contributed by atoms with Crippen LogP contribution in [-0.2, 0) is 4.79 Å². The smallest absolute Gasteiger partial charge is 0.326 e. The van der Waals surface area contributed by atoms with Crippen molar-refractivity contribution in [1.82, 2.24) is 9.55 Å². The molecule has 5 nitrogen and oxygen atoms in total. The highest BCUT2D eigenvalue weighted by Crippen LogP contribution is 2.29. The van der Waals surface area contributed by atoms with Gasteiger partial charge in [0.2, 0.25) is 0 Å². The molecule has 15 heavy (non-hydrogen) atoms. The molecule has 0 aromatic carbocycles. The molecule has 1 atom stereocenters. The summed E-state index contributed by atoms with van der Waals surface area (Å²) in [7, 11) is 0. The number of aliphatic carboxylic acids is 1. The number of carboxylic acids is 1. The number of rotatable bonds is 3. The summed E-state index contributed by atoms with van der Waals surface area (Å²) in [5.74, 6) is -1.04. The number of nitrogens with two attached hydrogens (primary N) is 1. The lowest BCUT2D eigenvalue weighted by molar-refractivity contribution is -0.138. The van der Waals surface area contributed by atoms with E-state index in [1.165, 1.54) is 12.8 Å². The Balaban J connectivity index is 2.12. The van der Waals surface area contributed by atoms with Crippen molar-refractivity contribution in [3.63, 3.8) is 0 Å². The van der Waals surface area contributed by atoms with Gasteiger partial charge in [-0.25, -0.2) is 4.98 Å². The number of carboxylic acid groups (broad SMARTS) is 1. The monoisotopic (exact) mass is 209 g/mol. The number of hydrogen-bond donors (Lipinski definition) is 2. The number of carbonyl (C=O) groups is 1. The van der Waals surface area contributed by atoms with E-state index in [4.69, 9.17) is 10.8 Å². The third kappa shape index (κ3) is 2.02. The first-order valence-electron chi connectivity index (χ1n) is 5.20. The van der Waals surface area contributed by atoms with Crippen LogP contribution in [0.3, 0.4) is 0 Å². The number of imidazole rings is 1. The topological polar surface area (TPSA) is 81.1 Å². The Bertz CT molecular complexity index is 355. The van der Waals surface area contributed by atoms with Gasteiger partial charge in [-0.05, 0) is 12.8 Å². The van der Waals surface area contributed by atoms with E-state index in [9.17, 15) is 4.79 Å². The Morgan fingerprint density at radius 3 is 2.87 bits per heavy atom. The fourth-order valence-corrected chi connectivity index (χ4v) is 2.04. The third-order valence-corrected chi connectivity index (χ3v) is 2.95. The summed E-state index contributed by atoms with van der Waals surface area (Å²) in [6.07, 6.45) is 8.23. The van der Waals surface area contributed by atoms with Crippen LogP contribution in [0.1, 0.15) is 43.5 Å². The van der Waals surface area contributed by atoms with E-state index in [-0.39, 0.29) is 0 Å². The van der Waals surface area contributed by atoms with Crippen LogP contribution in [-0.4, -0.2) is 20.6 Å². The summed E-state index contributed by atoms with van der Waals surface area (Å²) in [6.45, 7) is 0. The van der Waals surface area contributed by atoms with Crippen molar-refractivity contribution in [2.75, 3.05) is 0 Å². The average Bonchev–Trinajstić information content (AvgIpc) is 2.86. The Morgan fingerprint density at radius 2 is 2.27 bits per heavy atom. The van der Waals surface area contributed by atoms with Crippen LogP contribution in [0, 0.1) is 0 Å². The molecule has 1 aromatic rings. The molecule has 82 valence electrons. The maximum Gasteiger partial charge on any atom is 0.326 e. The van der Waals surface area contributed by atoms with Gasteiger partial charge in [0, 0.05) is 12.2 Å². The molecule has 1 fully saturated rings. The summed E-state index contributed by atoms with van der Waals surface area (Å²) in [4.78, 5) is 14.7. The second-order valence-electron chi connectivity index (χ2n) is 4.00. The van der Waals surface area contributed by atoms with Gasteiger partial charge in [-0.2, -0.15) is 0 Å². The first-order chi connectivity index (χ1) is 7.18. The van der Waals surface area contributed by atoms with E-state index >= 15 is 0 Å². The van der Waals surface area contributed by atoms with Crippen molar-refractivity contribution in [2.45, 2.75) is 37.8 Å². The first kappa shape index (κ1) is 10.2. The fraction of sp³-hybridized carbons (Fsp3) is 0.600. The van der Waals surface area contributed by atoms with E-state index < -0.39 is 12.0 Å². The third-order valence-electron chi connectivity index (χ3n) is 2.95. The van der Waals surface area contributed by atoms with Crippen LogP contribution in [0.5, 0.6) is 0 Å². The minimum absolute atomic E-state index is 0.439. The average molecular weight is 209 g/mol. The standard InChI is InChI=1S/C10H15N3O2/c11-9(10(14)15)8-5-13(6-12-8)7-3-1-2-4-7/h5-7,9H,1-4,11H2,(H,14,15). The molecular weight excluding hydrogens is 194 g/mol. The minimum atomic E-state index is -1.04. The van der Waals surface area contributed by atoms with Crippen molar-refractivity contribution in [3.05, 3.63) is 18.2 Å². The zero-order valence-corrected chi connectivity index (χ0v) is 8.47. The van der Waals surface area contributed by atoms with E-state index in [2.05, 4.69) is 4.98 Å². The Kier molecular flexibility index (Phi) is 2.73. The molecule has 2 rings (SSSR count). The molecule has 0 spiro atoms. The van der Waals surface area contributed by atoms with Gasteiger partial charge in [0.15, 0.2) is 0 Å². The lowest BCUT2D eigenvalue weighted by atomic mass is 10.2. The number of hydrogen-bond acceptors (Lipinski definition) is 3. The normalized spacial score (nSPS) is 19.3. The Hall–Kier alpha value is -1.36. The molecule has 0 radical (unpaired) electrons. The zero-order valence-electron chi connectivity index (χ0n) is 8.47. The van der Waals surface area contributed by atoms with Gasteiger partial charge in [-0.3, -0.25) is 4.79 Å². The largest absolute Gasteiger partial charge is 0.480 e. The quantitative estimate of drug-likeness (QED) is 0.780. The van der Waals surface area contributed by atoms with Gasteiger partial charge < -0.3 is 15.4 Å². The van der Waals surface area contributed by atoms with Gasteiger partial charge in [0.1, 0.15) is 6.04 Å². The molecule has 1 aliphatic carbocycles. The molecule has 1 aromatic heterocycles. The SMILES string of the molecule is NC(C(=O)O)c1cn(C2CCCC2)cn1. The van der Waals surface area contributed by atoms with E-state index in [0.29, 0.717) is 11.7 Å². The number of aromatic nitrogens is 2. The van der Waals surface area contributed by atoms with Gasteiger partial charge in [-0.15, -0.1) is 0 Å². The van der Waals surface area contributed by atoms with Crippen LogP contribution in [0.25, 0.3) is 0 Å². The van der Waals surface area contributed by atoms with Gasteiger partial charge in [-0.1, -0.05) is 12.8 Å². The Labute approximate surface area is 87.9 Å². The highest BCUT2D eigenvalue weighted by atomic mass is 16.4. The zero-order chi connectivity index (χ0) is 10.8. The summed E-state index contributed by atoms with van der Waals surface area (Å²) in [5, 5.41) is 8.74. The molecule has 1 saturated carbocycles. The predicted octanol–water partition coefficient (Wildman–Crippen LogP) is 1.08. The first-order valence-corrected chi connectivity index (χ1v) is 5.20. The molecule has 0 saturated heterocycles. The molecular formula is C10H15N3O2. The van der Waals surface area contributed by atoms with Crippen molar-refractivity contribution in [1.29, 1.82) is 0 Å². The van der Waals surface area contributed by atoms with Crippen LogP contribution in [0.4, 0.5) is 0 Å². The van der Waals surface area contributed by atoms with Crippen LogP contribution in [0.15, 0.2) is 12.5 Å².